The summed E-state index contributed by atoms with van der Waals surface area (Å²) in [5, 5.41) is 9.93. The summed E-state index contributed by atoms with van der Waals surface area (Å²) in [7, 11) is 1.86. The molecule has 0 radical (unpaired) electrons. The van der Waals surface area contributed by atoms with Crippen LogP contribution in [-0.2, 0) is 12.8 Å². The Kier molecular flexibility index (Phi) is 4.27. The number of rotatable bonds is 6. The highest BCUT2D eigenvalue weighted by atomic mass is 16.5. The second-order valence-electron chi connectivity index (χ2n) is 4.08. The predicted octanol–water partition coefficient (Wildman–Crippen LogP) is 1.43. The molecule has 0 amide bonds. The van der Waals surface area contributed by atoms with Gasteiger partial charge in [0.25, 0.3) is 0 Å². The van der Waals surface area contributed by atoms with Crippen molar-refractivity contribution < 1.29 is 4.52 Å². The van der Waals surface area contributed by atoms with Crippen molar-refractivity contribution in [3.8, 4) is 0 Å². The lowest BCUT2D eigenvalue weighted by Crippen LogP contribution is -2.12. The highest BCUT2D eigenvalue weighted by Crippen LogP contribution is 2.19. The molecule has 7 heteroatoms. The van der Waals surface area contributed by atoms with Crippen molar-refractivity contribution in [2.24, 2.45) is 0 Å². The fourth-order valence-corrected chi connectivity index (χ4v) is 1.73. The van der Waals surface area contributed by atoms with Gasteiger partial charge in [0, 0.05) is 32.0 Å². The lowest BCUT2D eigenvalue weighted by atomic mass is 10.3. The van der Waals surface area contributed by atoms with E-state index < -0.39 is 0 Å². The van der Waals surface area contributed by atoms with Crippen molar-refractivity contribution in [2.75, 3.05) is 24.2 Å². The molecule has 0 aliphatic rings. The number of hydrogen-bond donors (Lipinski definition) is 2. The highest BCUT2D eigenvalue weighted by Gasteiger charge is 2.09. The first-order valence-corrected chi connectivity index (χ1v) is 6.29. The Morgan fingerprint density at radius 1 is 1.26 bits per heavy atom. The third kappa shape index (κ3) is 3.18. The van der Waals surface area contributed by atoms with Crippen LogP contribution in [0.5, 0.6) is 0 Å². The third-order valence-corrected chi connectivity index (χ3v) is 2.78. The van der Waals surface area contributed by atoms with E-state index >= 15 is 0 Å². The van der Waals surface area contributed by atoms with Gasteiger partial charge in [-0.15, -0.1) is 0 Å². The van der Waals surface area contributed by atoms with Gasteiger partial charge < -0.3 is 15.2 Å². The molecule has 2 heterocycles. The van der Waals surface area contributed by atoms with Crippen molar-refractivity contribution in [1.82, 2.24) is 20.1 Å². The lowest BCUT2D eigenvalue weighted by Gasteiger charge is -2.12. The maximum Gasteiger partial charge on any atom is 0.228 e. The van der Waals surface area contributed by atoms with Gasteiger partial charge in [-0.2, -0.15) is 4.98 Å². The van der Waals surface area contributed by atoms with Crippen LogP contribution in [-0.4, -0.2) is 33.7 Å². The lowest BCUT2D eigenvalue weighted by molar-refractivity contribution is 0.379. The molecule has 0 saturated heterocycles. The minimum absolute atomic E-state index is 0.615. The first kappa shape index (κ1) is 13.3. The molecule has 7 nitrogen and oxygen atoms in total. The molecule has 2 aromatic heterocycles. The Morgan fingerprint density at radius 3 is 2.68 bits per heavy atom. The van der Waals surface area contributed by atoms with Crippen LogP contribution in [0, 0.1) is 6.92 Å². The highest BCUT2D eigenvalue weighted by molar-refractivity contribution is 5.56. The topological polar surface area (TPSA) is 88.8 Å². The molecular weight excluding hydrogens is 244 g/mol. The quantitative estimate of drug-likeness (QED) is 0.813. The number of nitrogens with zero attached hydrogens (tertiary/aromatic N) is 4. The molecule has 0 unspecified atom stereocenters. The zero-order valence-corrected chi connectivity index (χ0v) is 11.4. The summed E-state index contributed by atoms with van der Waals surface area (Å²) in [6.07, 6.45) is 2.87. The first-order chi connectivity index (χ1) is 9.24. The summed E-state index contributed by atoms with van der Waals surface area (Å²) < 4.78 is 4.95. The third-order valence-electron chi connectivity index (χ3n) is 2.78. The van der Waals surface area contributed by atoms with Crippen molar-refractivity contribution >= 4 is 11.6 Å². The van der Waals surface area contributed by atoms with Gasteiger partial charge in [0.15, 0.2) is 6.33 Å². The van der Waals surface area contributed by atoms with Crippen LogP contribution in [0.1, 0.15) is 24.2 Å². The monoisotopic (exact) mass is 262 g/mol. The molecule has 2 rings (SSSR count). The molecule has 102 valence electrons. The molecular formula is C12H18N6O. The predicted molar refractivity (Wildman–Crippen MR) is 72.2 cm³/mol. The Bertz CT molecular complexity index is 525. The van der Waals surface area contributed by atoms with Crippen LogP contribution in [0.25, 0.3) is 0 Å². The summed E-state index contributed by atoms with van der Waals surface area (Å²) in [5.74, 6) is 3.13. The second kappa shape index (κ2) is 6.12. The zero-order valence-electron chi connectivity index (χ0n) is 11.4. The molecule has 2 aromatic rings. The number of aromatic nitrogens is 4. The smallest absolute Gasteiger partial charge is 0.228 e. The van der Waals surface area contributed by atoms with Crippen LogP contribution in [0.4, 0.5) is 11.6 Å². The minimum atomic E-state index is 0.615. The Morgan fingerprint density at radius 2 is 2.05 bits per heavy atom. The number of nitrogens with one attached hydrogen (secondary N) is 2. The molecule has 2 N–H and O–H groups in total. The maximum absolute atomic E-state index is 4.95. The van der Waals surface area contributed by atoms with E-state index in [1.165, 1.54) is 6.33 Å². The number of anilines is 2. The van der Waals surface area contributed by atoms with Gasteiger partial charge in [0.05, 0.1) is 0 Å². The van der Waals surface area contributed by atoms with E-state index in [1.807, 2.05) is 20.9 Å². The molecule has 19 heavy (non-hydrogen) atoms. The van der Waals surface area contributed by atoms with E-state index in [-0.39, 0.29) is 0 Å². The van der Waals surface area contributed by atoms with Gasteiger partial charge in [0.2, 0.25) is 5.89 Å². The van der Waals surface area contributed by atoms with Gasteiger partial charge in [-0.25, -0.2) is 9.97 Å². The van der Waals surface area contributed by atoms with Crippen LogP contribution in [0.15, 0.2) is 10.9 Å². The summed E-state index contributed by atoms with van der Waals surface area (Å²) in [6.45, 7) is 4.71. The summed E-state index contributed by atoms with van der Waals surface area (Å²) in [4.78, 5) is 12.9. The minimum Gasteiger partial charge on any atom is -0.373 e. The molecule has 0 aromatic carbocycles. The summed E-state index contributed by atoms with van der Waals surface area (Å²) in [6, 6.07) is 0. The van der Waals surface area contributed by atoms with Crippen LogP contribution >= 0.6 is 0 Å². The van der Waals surface area contributed by atoms with Crippen LogP contribution < -0.4 is 10.6 Å². The van der Waals surface area contributed by atoms with Gasteiger partial charge in [-0.1, -0.05) is 12.1 Å². The normalized spacial score (nSPS) is 10.5. The molecule has 0 saturated carbocycles. The fourth-order valence-electron chi connectivity index (χ4n) is 1.73. The van der Waals surface area contributed by atoms with Crippen molar-refractivity contribution in [3.05, 3.63) is 23.6 Å². The molecule has 0 aliphatic heterocycles. The second-order valence-corrected chi connectivity index (χ2v) is 4.08. The first-order valence-electron chi connectivity index (χ1n) is 6.29. The van der Waals surface area contributed by atoms with Crippen LogP contribution in [0.2, 0.25) is 0 Å². The van der Waals surface area contributed by atoms with Crippen LogP contribution in [0.3, 0.4) is 0 Å². The Labute approximate surface area is 111 Å². The summed E-state index contributed by atoms with van der Waals surface area (Å²) >= 11 is 0. The Balaban J connectivity index is 2.06. The van der Waals surface area contributed by atoms with Gasteiger partial charge >= 0.3 is 0 Å². The maximum atomic E-state index is 4.95. The average Bonchev–Trinajstić information content (AvgIpc) is 2.94. The van der Waals surface area contributed by atoms with E-state index in [1.54, 1.807) is 0 Å². The molecule has 0 atom stereocenters. The molecule has 0 fully saturated rings. The van der Waals surface area contributed by atoms with Crippen molar-refractivity contribution in [1.29, 1.82) is 0 Å². The molecule has 0 spiro atoms. The molecule has 0 bridgehead atoms. The number of aryl methyl sites for hydroxylation is 1. The van der Waals surface area contributed by atoms with E-state index in [2.05, 4.69) is 30.7 Å². The van der Waals surface area contributed by atoms with E-state index in [0.29, 0.717) is 18.9 Å². The van der Waals surface area contributed by atoms with E-state index in [0.717, 1.165) is 29.4 Å². The number of hydrogen-bond acceptors (Lipinski definition) is 7. The van der Waals surface area contributed by atoms with E-state index in [9.17, 15) is 0 Å². The largest absolute Gasteiger partial charge is 0.373 e. The van der Waals surface area contributed by atoms with Crippen molar-refractivity contribution in [3.63, 3.8) is 0 Å². The molecule has 0 aliphatic carbocycles. The van der Waals surface area contributed by atoms with Gasteiger partial charge in [-0.3, -0.25) is 0 Å². The zero-order chi connectivity index (χ0) is 13.7. The average molecular weight is 262 g/mol. The Hall–Kier alpha value is -2.18. The van der Waals surface area contributed by atoms with E-state index in [4.69, 9.17) is 4.52 Å². The standard InChI is InChI=1S/C12H18N6O/c1-4-9-17-11(13-3)8(2)12(18-9)14-6-5-10-15-7-16-19-10/h7H,4-6H2,1-3H3,(H2,13,14,17,18). The van der Waals surface area contributed by atoms with Gasteiger partial charge in [-0.05, 0) is 6.92 Å². The SMILES string of the molecule is CCc1nc(NC)c(C)c(NCCc2ncno2)n1. The summed E-state index contributed by atoms with van der Waals surface area (Å²) in [5.41, 5.74) is 1.00. The van der Waals surface area contributed by atoms with Crippen molar-refractivity contribution in [2.45, 2.75) is 26.7 Å². The van der Waals surface area contributed by atoms with Gasteiger partial charge in [0.1, 0.15) is 17.5 Å². The fraction of sp³-hybridized carbons (Fsp3) is 0.500.